The third-order valence-electron chi connectivity index (χ3n) is 3.19. The van der Waals surface area contributed by atoms with Gasteiger partial charge in [-0.2, -0.15) is 4.98 Å². The van der Waals surface area contributed by atoms with Gasteiger partial charge in [-0.1, -0.05) is 35.9 Å². The number of carbonyl (C=O) groups is 1. The van der Waals surface area contributed by atoms with E-state index in [9.17, 15) is 4.79 Å². The molecule has 0 saturated carbocycles. The number of rotatable bonds is 5. The van der Waals surface area contributed by atoms with Crippen LogP contribution in [0.25, 0.3) is 0 Å². The Morgan fingerprint density at radius 3 is 2.64 bits per heavy atom. The van der Waals surface area contributed by atoms with Crippen molar-refractivity contribution in [1.82, 2.24) is 15.4 Å². The Hall–Kier alpha value is -3.32. The number of carbonyl (C=O) groups excluding carboxylic acids is 1. The van der Waals surface area contributed by atoms with Gasteiger partial charge in [-0.05, 0) is 30.3 Å². The highest BCUT2D eigenvalue weighted by atomic mass is 35.5. The maximum absolute atomic E-state index is 12.1. The van der Waals surface area contributed by atoms with E-state index in [-0.39, 0.29) is 23.3 Å². The highest BCUT2D eigenvalue weighted by Gasteiger charge is 2.12. The fourth-order valence-corrected chi connectivity index (χ4v) is 2.17. The summed E-state index contributed by atoms with van der Waals surface area (Å²) >= 11 is 5.87. The van der Waals surface area contributed by atoms with E-state index < -0.39 is 0 Å². The second kappa shape index (κ2) is 7.50. The fraction of sp³-hybridized carbons (Fsp3) is 0. The molecule has 1 heterocycles. The van der Waals surface area contributed by atoms with Crippen LogP contribution >= 0.6 is 11.6 Å². The van der Waals surface area contributed by atoms with E-state index in [0.717, 1.165) is 0 Å². The molecule has 0 aliphatic heterocycles. The maximum atomic E-state index is 12.1. The van der Waals surface area contributed by atoms with Crippen LogP contribution in [-0.2, 0) is 0 Å². The van der Waals surface area contributed by atoms with Gasteiger partial charge in [0.1, 0.15) is 17.8 Å². The van der Waals surface area contributed by atoms with Crippen LogP contribution in [0.4, 0.5) is 11.5 Å². The van der Waals surface area contributed by atoms with Crippen molar-refractivity contribution in [3.05, 3.63) is 71.5 Å². The van der Waals surface area contributed by atoms with Crippen molar-refractivity contribution in [3.8, 4) is 11.6 Å². The first-order chi connectivity index (χ1) is 12.1. The minimum absolute atomic E-state index is 0.165. The number of hydrogen-bond acceptors (Lipinski definition) is 6. The van der Waals surface area contributed by atoms with Gasteiger partial charge in [-0.15, -0.1) is 0 Å². The quantitative estimate of drug-likeness (QED) is 0.607. The monoisotopic (exact) mass is 355 g/mol. The Morgan fingerprint density at radius 2 is 1.88 bits per heavy atom. The van der Waals surface area contributed by atoms with E-state index in [2.05, 4.69) is 20.8 Å². The van der Waals surface area contributed by atoms with Crippen molar-refractivity contribution in [2.45, 2.75) is 0 Å². The van der Waals surface area contributed by atoms with Gasteiger partial charge in [0.15, 0.2) is 5.82 Å². The molecule has 1 aromatic heterocycles. The van der Waals surface area contributed by atoms with Crippen LogP contribution in [0.1, 0.15) is 10.4 Å². The molecule has 0 spiro atoms. The van der Waals surface area contributed by atoms with E-state index in [1.54, 1.807) is 36.4 Å². The lowest BCUT2D eigenvalue weighted by atomic mass is 10.2. The molecule has 0 bridgehead atoms. The number of amides is 1. The number of nitrogens with two attached hydrogens (primary N) is 1. The summed E-state index contributed by atoms with van der Waals surface area (Å²) in [6.45, 7) is 0. The highest BCUT2D eigenvalue weighted by molar-refractivity contribution is 6.30. The first kappa shape index (κ1) is 16.5. The van der Waals surface area contributed by atoms with E-state index in [1.807, 2.05) is 18.2 Å². The van der Waals surface area contributed by atoms with Gasteiger partial charge in [0.25, 0.3) is 5.91 Å². The number of halogens is 1. The van der Waals surface area contributed by atoms with Crippen LogP contribution in [-0.4, -0.2) is 15.9 Å². The number of hydrogen-bond donors (Lipinski definition) is 3. The number of ether oxygens (including phenoxy) is 1. The maximum Gasteiger partial charge on any atom is 0.269 e. The standard InChI is InChI=1S/C17H14ClN5O2/c18-12-6-4-5-11(9-12)16(24)23-22-15-14(19)17(21-10-20-15)25-13-7-2-1-3-8-13/h1-10H,19H2,(H,23,24)(H,20,21,22). The Morgan fingerprint density at radius 1 is 1.08 bits per heavy atom. The zero-order valence-electron chi connectivity index (χ0n) is 12.9. The molecule has 0 radical (unpaired) electrons. The Balaban J connectivity index is 1.71. The molecule has 7 nitrogen and oxygen atoms in total. The summed E-state index contributed by atoms with van der Waals surface area (Å²) in [5.41, 5.74) is 11.7. The van der Waals surface area contributed by atoms with Crippen molar-refractivity contribution in [3.63, 3.8) is 0 Å². The van der Waals surface area contributed by atoms with Crippen LogP contribution in [0.15, 0.2) is 60.9 Å². The Kier molecular flexibility index (Phi) is 4.96. The molecule has 1 amide bonds. The molecule has 0 unspecified atom stereocenters. The van der Waals surface area contributed by atoms with Gasteiger partial charge in [0.05, 0.1) is 0 Å². The normalized spacial score (nSPS) is 10.1. The molecule has 0 fully saturated rings. The molecule has 3 aromatic rings. The second-order valence-electron chi connectivity index (χ2n) is 4.95. The molecule has 4 N–H and O–H groups in total. The zero-order chi connectivity index (χ0) is 17.6. The van der Waals surface area contributed by atoms with Crippen molar-refractivity contribution in [2.75, 3.05) is 11.2 Å². The SMILES string of the molecule is Nc1c(NNC(=O)c2cccc(Cl)c2)ncnc1Oc1ccccc1. The number of anilines is 2. The number of nitrogens with zero attached hydrogens (tertiary/aromatic N) is 2. The second-order valence-corrected chi connectivity index (χ2v) is 5.38. The van der Waals surface area contributed by atoms with Gasteiger partial charge in [0, 0.05) is 10.6 Å². The molecule has 25 heavy (non-hydrogen) atoms. The van der Waals surface area contributed by atoms with Crippen molar-refractivity contribution >= 4 is 29.0 Å². The highest BCUT2D eigenvalue weighted by Crippen LogP contribution is 2.28. The van der Waals surface area contributed by atoms with Crippen molar-refractivity contribution in [2.24, 2.45) is 0 Å². The lowest BCUT2D eigenvalue weighted by Crippen LogP contribution is -2.30. The average molecular weight is 356 g/mol. The van der Waals surface area contributed by atoms with E-state index in [4.69, 9.17) is 22.1 Å². The molecule has 2 aromatic carbocycles. The molecule has 0 aliphatic rings. The van der Waals surface area contributed by atoms with Crippen LogP contribution in [0.2, 0.25) is 5.02 Å². The van der Waals surface area contributed by atoms with E-state index in [0.29, 0.717) is 16.3 Å². The predicted molar refractivity (Wildman–Crippen MR) is 95.5 cm³/mol. The summed E-state index contributed by atoms with van der Waals surface area (Å²) in [7, 11) is 0. The van der Waals surface area contributed by atoms with Gasteiger partial charge >= 0.3 is 0 Å². The largest absolute Gasteiger partial charge is 0.437 e. The van der Waals surface area contributed by atoms with Crippen LogP contribution in [0.5, 0.6) is 11.6 Å². The molecular weight excluding hydrogens is 342 g/mol. The summed E-state index contributed by atoms with van der Waals surface area (Å²) in [5.74, 6) is 0.602. The smallest absolute Gasteiger partial charge is 0.269 e. The molecule has 3 rings (SSSR count). The molecule has 0 aliphatic carbocycles. The van der Waals surface area contributed by atoms with Gasteiger partial charge < -0.3 is 10.5 Å². The first-order valence-corrected chi connectivity index (χ1v) is 7.66. The molecule has 0 atom stereocenters. The van der Waals surface area contributed by atoms with Gasteiger partial charge in [-0.25, -0.2) is 4.98 Å². The molecule has 0 saturated heterocycles. The lowest BCUT2D eigenvalue weighted by molar-refractivity contribution is 0.0962. The third-order valence-corrected chi connectivity index (χ3v) is 3.42. The molecular formula is C17H14ClN5O2. The Bertz CT molecular complexity index is 889. The lowest BCUT2D eigenvalue weighted by Gasteiger charge is -2.12. The van der Waals surface area contributed by atoms with Crippen LogP contribution in [0.3, 0.4) is 0 Å². The summed E-state index contributed by atoms with van der Waals surface area (Å²) in [5, 5.41) is 0.466. The molecule has 126 valence electrons. The summed E-state index contributed by atoms with van der Waals surface area (Å²) in [6.07, 6.45) is 1.28. The molecule has 8 heteroatoms. The number of aromatic nitrogens is 2. The minimum atomic E-state index is -0.383. The predicted octanol–water partition coefficient (Wildman–Crippen LogP) is 3.26. The summed E-state index contributed by atoms with van der Waals surface area (Å²) in [4.78, 5) is 20.1. The van der Waals surface area contributed by atoms with Crippen LogP contribution < -0.4 is 21.3 Å². The minimum Gasteiger partial charge on any atom is -0.437 e. The topological polar surface area (TPSA) is 102 Å². The average Bonchev–Trinajstić information content (AvgIpc) is 2.63. The number of nitrogens with one attached hydrogen (secondary N) is 2. The van der Waals surface area contributed by atoms with Gasteiger partial charge in [0.2, 0.25) is 5.88 Å². The van der Waals surface area contributed by atoms with Crippen molar-refractivity contribution < 1.29 is 9.53 Å². The van der Waals surface area contributed by atoms with Gasteiger partial charge in [-0.3, -0.25) is 15.6 Å². The Labute approximate surface area is 148 Å². The zero-order valence-corrected chi connectivity index (χ0v) is 13.7. The fourth-order valence-electron chi connectivity index (χ4n) is 1.98. The number of benzene rings is 2. The first-order valence-electron chi connectivity index (χ1n) is 7.29. The van der Waals surface area contributed by atoms with E-state index >= 15 is 0 Å². The summed E-state index contributed by atoms with van der Waals surface area (Å²) in [6, 6.07) is 15.6. The van der Waals surface area contributed by atoms with Crippen molar-refractivity contribution in [1.29, 1.82) is 0 Å². The number of nitrogen functional groups attached to an aromatic ring is 1. The number of para-hydroxylation sites is 1. The number of hydrazine groups is 1. The summed E-state index contributed by atoms with van der Waals surface area (Å²) < 4.78 is 5.61. The van der Waals surface area contributed by atoms with E-state index in [1.165, 1.54) is 6.33 Å². The third kappa shape index (κ3) is 4.15. The van der Waals surface area contributed by atoms with Crippen LogP contribution in [0, 0.1) is 0 Å².